The van der Waals surface area contributed by atoms with Crippen LogP contribution < -0.4 is 0 Å². The zero-order chi connectivity index (χ0) is 19.5. The van der Waals surface area contributed by atoms with Gasteiger partial charge in [0.25, 0.3) is 0 Å². The minimum atomic E-state index is -0.786. The topological polar surface area (TPSA) is 98.0 Å². The number of aliphatic hydroxyl groups is 3. The second-order valence-corrected chi connectivity index (χ2v) is 7.53. The van der Waals surface area contributed by atoms with Gasteiger partial charge in [-0.1, -0.05) is 50.0 Å². The summed E-state index contributed by atoms with van der Waals surface area (Å²) in [5.74, 6) is -1.000. The predicted molar refractivity (Wildman–Crippen MR) is 103 cm³/mol. The molecule has 5 heteroatoms. The molecular formula is C21H36O5. The van der Waals surface area contributed by atoms with Crippen LogP contribution in [-0.4, -0.2) is 44.7 Å². The van der Waals surface area contributed by atoms with Crippen molar-refractivity contribution in [3.05, 3.63) is 23.8 Å². The van der Waals surface area contributed by atoms with Crippen LogP contribution in [0.4, 0.5) is 0 Å². The molecule has 5 atom stereocenters. The third-order valence-corrected chi connectivity index (χ3v) is 5.27. The second kappa shape index (κ2) is 12.3. The molecule has 5 nitrogen and oxygen atoms in total. The lowest BCUT2D eigenvalue weighted by molar-refractivity contribution is -0.137. The van der Waals surface area contributed by atoms with Gasteiger partial charge in [-0.05, 0) is 38.5 Å². The number of aliphatic hydroxyl groups excluding tert-OH is 3. The minimum Gasteiger partial charge on any atom is -0.481 e. The third kappa shape index (κ3) is 8.02. The average Bonchev–Trinajstić information content (AvgIpc) is 2.84. The Balaban J connectivity index is 2.59. The Labute approximate surface area is 157 Å². The number of carboxylic acids is 1. The van der Waals surface area contributed by atoms with Crippen LogP contribution in [0.25, 0.3) is 0 Å². The summed E-state index contributed by atoms with van der Waals surface area (Å²) in [5, 5.41) is 39.5. The van der Waals surface area contributed by atoms with E-state index < -0.39 is 24.3 Å². The first-order chi connectivity index (χ1) is 12.4. The van der Waals surface area contributed by atoms with Crippen molar-refractivity contribution in [2.45, 2.75) is 89.9 Å². The number of hydrogen-bond acceptors (Lipinski definition) is 4. The van der Waals surface area contributed by atoms with Crippen molar-refractivity contribution in [1.82, 2.24) is 0 Å². The number of allylic oxidation sites excluding steroid dienone is 2. The van der Waals surface area contributed by atoms with Crippen molar-refractivity contribution >= 4 is 5.97 Å². The Morgan fingerprint density at radius 1 is 1.15 bits per heavy atom. The highest BCUT2D eigenvalue weighted by Gasteiger charge is 2.41. The van der Waals surface area contributed by atoms with Crippen LogP contribution in [0, 0.1) is 11.8 Å². The van der Waals surface area contributed by atoms with E-state index in [0.29, 0.717) is 25.7 Å². The fourth-order valence-corrected chi connectivity index (χ4v) is 3.88. The molecule has 150 valence electrons. The number of carbonyl (C=O) groups is 1. The van der Waals surface area contributed by atoms with Gasteiger partial charge >= 0.3 is 5.97 Å². The largest absolute Gasteiger partial charge is 0.481 e. The Bertz CT molecular complexity index is 471. The summed E-state index contributed by atoms with van der Waals surface area (Å²) in [6.07, 6.45) is 10.5. The number of rotatable bonds is 12. The molecule has 0 aromatic carbocycles. The van der Waals surface area contributed by atoms with E-state index in [4.69, 9.17) is 5.11 Å². The van der Waals surface area contributed by atoms with Crippen LogP contribution >= 0.6 is 0 Å². The monoisotopic (exact) mass is 368 g/mol. The van der Waals surface area contributed by atoms with Crippen molar-refractivity contribution < 1.29 is 25.2 Å². The van der Waals surface area contributed by atoms with Crippen molar-refractivity contribution in [3.8, 4) is 0 Å². The normalized spacial score (nSPS) is 28.0. The van der Waals surface area contributed by atoms with Crippen LogP contribution in [0.2, 0.25) is 0 Å². The standard InChI is InChI=1S/C21H36O5/c1-3-4-7-10-16(22)13-15(2)21-17(18(23)14-19(21)24)11-8-5-6-9-12-20(25)26/h5,8,13,16-19,21-24H,3-4,6-7,9-12,14H2,1-2H3,(H,25,26)/b8-5+,15-13+. The van der Waals surface area contributed by atoms with E-state index in [1.54, 1.807) is 0 Å². The number of carboxylic acid groups (broad SMARTS) is 1. The van der Waals surface area contributed by atoms with E-state index in [0.717, 1.165) is 31.3 Å². The smallest absolute Gasteiger partial charge is 0.303 e. The maximum absolute atomic E-state index is 10.5. The quantitative estimate of drug-likeness (QED) is 0.312. The molecule has 1 rings (SSSR count). The highest BCUT2D eigenvalue weighted by atomic mass is 16.4. The zero-order valence-corrected chi connectivity index (χ0v) is 16.2. The molecule has 0 aromatic rings. The first-order valence-corrected chi connectivity index (χ1v) is 9.96. The summed E-state index contributed by atoms with van der Waals surface area (Å²) in [6, 6.07) is 0. The lowest BCUT2D eigenvalue weighted by Crippen LogP contribution is -2.23. The minimum absolute atomic E-state index is 0.0696. The number of hydrogen-bond donors (Lipinski definition) is 4. The highest BCUT2D eigenvalue weighted by Crippen LogP contribution is 2.39. The molecule has 1 aliphatic rings. The van der Waals surface area contributed by atoms with Gasteiger partial charge in [-0.3, -0.25) is 4.79 Å². The fraction of sp³-hybridized carbons (Fsp3) is 0.762. The van der Waals surface area contributed by atoms with Gasteiger partial charge in [0, 0.05) is 18.8 Å². The van der Waals surface area contributed by atoms with E-state index in [-0.39, 0.29) is 18.3 Å². The third-order valence-electron chi connectivity index (χ3n) is 5.27. The van der Waals surface area contributed by atoms with E-state index >= 15 is 0 Å². The summed E-state index contributed by atoms with van der Waals surface area (Å²) >= 11 is 0. The van der Waals surface area contributed by atoms with Crippen LogP contribution in [0.15, 0.2) is 23.8 Å². The van der Waals surface area contributed by atoms with Gasteiger partial charge in [0.15, 0.2) is 0 Å². The van der Waals surface area contributed by atoms with Crippen molar-refractivity contribution in [2.24, 2.45) is 11.8 Å². The molecule has 0 amide bonds. The molecule has 0 saturated heterocycles. The first kappa shape index (κ1) is 22.9. The van der Waals surface area contributed by atoms with Crippen molar-refractivity contribution in [2.75, 3.05) is 0 Å². The number of aliphatic carboxylic acids is 1. The lowest BCUT2D eigenvalue weighted by Gasteiger charge is -2.24. The molecule has 0 aliphatic heterocycles. The maximum Gasteiger partial charge on any atom is 0.303 e. The molecule has 5 unspecified atom stereocenters. The molecular weight excluding hydrogens is 332 g/mol. The van der Waals surface area contributed by atoms with Gasteiger partial charge in [-0.25, -0.2) is 0 Å². The van der Waals surface area contributed by atoms with E-state index in [1.165, 1.54) is 0 Å². The molecule has 0 spiro atoms. The number of unbranched alkanes of at least 4 members (excludes halogenated alkanes) is 3. The predicted octanol–water partition coefficient (Wildman–Crippen LogP) is 3.43. The van der Waals surface area contributed by atoms with Gasteiger partial charge in [0.05, 0.1) is 18.3 Å². The van der Waals surface area contributed by atoms with Gasteiger partial charge in [0.1, 0.15) is 0 Å². The van der Waals surface area contributed by atoms with Crippen molar-refractivity contribution in [1.29, 1.82) is 0 Å². The molecule has 4 N–H and O–H groups in total. The maximum atomic E-state index is 10.5. The molecule has 1 saturated carbocycles. The van der Waals surface area contributed by atoms with Crippen LogP contribution in [-0.2, 0) is 4.79 Å². The van der Waals surface area contributed by atoms with Crippen molar-refractivity contribution in [3.63, 3.8) is 0 Å². The highest BCUT2D eigenvalue weighted by molar-refractivity contribution is 5.66. The Morgan fingerprint density at radius 3 is 2.54 bits per heavy atom. The average molecular weight is 369 g/mol. The summed E-state index contributed by atoms with van der Waals surface area (Å²) in [6.45, 7) is 4.06. The molecule has 1 aliphatic carbocycles. The Kier molecular flexibility index (Phi) is 10.8. The molecule has 26 heavy (non-hydrogen) atoms. The molecule has 0 bridgehead atoms. The zero-order valence-electron chi connectivity index (χ0n) is 16.2. The summed E-state index contributed by atoms with van der Waals surface area (Å²) in [4.78, 5) is 10.5. The molecule has 0 radical (unpaired) electrons. The molecule has 1 fully saturated rings. The lowest BCUT2D eigenvalue weighted by atomic mass is 9.84. The van der Waals surface area contributed by atoms with Gasteiger partial charge in [-0.2, -0.15) is 0 Å². The van der Waals surface area contributed by atoms with Crippen LogP contribution in [0.5, 0.6) is 0 Å². The fourth-order valence-electron chi connectivity index (χ4n) is 3.88. The molecule has 0 aromatic heterocycles. The van der Waals surface area contributed by atoms with E-state index in [9.17, 15) is 20.1 Å². The van der Waals surface area contributed by atoms with Crippen LogP contribution in [0.1, 0.15) is 71.6 Å². The van der Waals surface area contributed by atoms with E-state index in [2.05, 4.69) is 6.92 Å². The summed E-state index contributed by atoms with van der Waals surface area (Å²) in [7, 11) is 0. The first-order valence-electron chi connectivity index (χ1n) is 9.96. The SMILES string of the molecule is CCCCCC(O)/C=C(\C)C1C(O)CC(O)C1C/C=C/CCCC(=O)O. The second-order valence-electron chi connectivity index (χ2n) is 7.53. The molecule has 0 heterocycles. The summed E-state index contributed by atoms with van der Waals surface area (Å²) < 4.78 is 0. The summed E-state index contributed by atoms with van der Waals surface area (Å²) in [5.41, 5.74) is 0.947. The Hall–Kier alpha value is -1.17. The van der Waals surface area contributed by atoms with Gasteiger partial charge < -0.3 is 20.4 Å². The van der Waals surface area contributed by atoms with Gasteiger partial charge in [0.2, 0.25) is 0 Å². The van der Waals surface area contributed by atoms with Crippen LogP contribution in [0.3, 0.4) is 0 Å². The Morgan fingerprint density at radius 2 is 1.88 bits per heavy atom. The van der Waals surface area contributed by atoms with E-state index in [1.807, 2.05) is 25.2 Å². The van der Waals surface area contributed by atoms with Gasteiger partial charge in [-0.15, -0.1) is 0 Å².